The highest BCUT2D eigenvalue weighted by atomic mass is 32.1. The van der Waals surface area contributed by atoms with Crippen LogP contribution in [-0.2, 0) is 11.8 Å². The summed E-state index contributed by atoms with van der Waals surface area (Å²) in [6.45, 7) is 6.85. The molecule has 0 radical (unpaired) electrons. The van der Waals surface area contributed by atoms with Crippen molar-refractivity contribution in [2.45, 2.75) is 13.3 Å². The molecule has 0 aliphatic carbocycles. The van der Waals surface area contributed by atoms with Crippen molar-refractivity contribution in [1.82, 2.24) is 19.7 Å². The number of hydrogen-bond acceptors (Lipinski definition) is 7. The predicted octanol–water partition coefficient (Wildman–Crippen LogP) is 2.72. The maximum absolute atomic E-state index is 13.4. The second-order valence-corrected chi connectivity index (χ2v) is 8.44. The van der Waals surface area contributed by atoms with Gasteiger partial charge in [-0.1, -0.05) is 11.3 Å². The Morgan fingerprint density at radius 3 is 2.83 bits per heavy atom. The highest BCUT2D eigenvalue weighted by molar-refractivity contribution is 7.22. The van der Waals surface area contributed by atoms with Crippen LogP contribution in [0.2, 0.25) is 0 Å². The number of anilines is 1. The fourth-order valence-corrected chi connectivity index (χ4v) is 4.62. The van der Waals surface area contributed by atoms with Crippen LogP contribution in [0.4, 0.5) is 5.13 Å². The van der Waals surface area contributed by atoms with Crippen molar-refractivity contribution in [1.29, 1.82) is 0 Å². The molecule has 0 unspecified atom stereocenters. The van der Waals surface area contributed by atoms with Crippen molar-refractivity contribution < 1.29 is 14.3 Å². The molecule has 0 saturated carbocycles. The monoisotopic (exact) mass is 429 g/mol. The van der Waals surface area contributed by atoms with E-state index in [9.17, 15) is 4.79 Å². The first kappa shape index (κ1) is 20.8. The average Bonchev–Trinajstić information content (AvgIpc) is 3.33. The van der Waals surface area contributed by atoms with Crippen molar-refractivity contribution in [3.05, 3.63) is 35.7 Å². The Kier molecular flexibility index (Phi) is 6.31. The molecule has 0 spiro atoms. The molecule has 1 aliphatic rings. The van der Waals surface area contributed by atoms with Gasteiger partial charge in [-0.15, -0.1) is 0 Å². The number of morpholine rings is 1. The van der Waals surface area contributed by atoms with Gasteiger partial charge in [0.2, 0.25) is 0 Å². The van der Waals surface area contributed by atoms with Gasteiger partial charge in [0.1, 0.15) is 5.75 Å². The van der Waals surface area contributed by atoms with E-state index in [4.69, 9.17) is 14.5 Å². The van der Waals surface area contributed by atoms with Gasteiger partial charge in [0, 0.05) is 51.1 Å². The van der Waals surface area contributed by atoms with Gasteiger partial charge in [-0.05, 0) is 25.5 Å². The lowest BCUT2D eigenvalue weighted by molar-refractivity contribution is 0.0376. The average molecular weight is 430 g/mol. The highest BCUT2D eigenvalue weighted by Gasteiger charge is 2.25. The highest BCUT2D eigenvalue weighted by Crippen LogP contribution is 2.32. The molecule has 1 amide bonds. The predicted molar refractivity (Wildman–Crippen MR) is 118 cm³/mol. The van der Waals surface area contributed by atoms with Crippen LogP contribution in [-0.4, -0.2) is 72.1 Å². The summed E-state index contributed by atoms with van der Waals surface area (Å²) in [6.07, 6.45) is 2.72. The number of methoxy groups -OCH3 is 1. The summed E-state index contributed by atoms with van der Waals surface area (Å²) in [6, 6.07) is 5.80. The largest absolute Gasteiger partial charge is 0.497 e. The van der Waals surface area contributed by atoms with Crippen molar-refractivity contribution >= 4 is 32.6 Å². The molecule has 30 heavy (non-hydrogen) atoms. The smallest absolute Gasteiger partial charge is 0.280 e. The van der Waals surface area contributed by atoms with E-state index < -0.39 is 0 Å². The third-order valence-electron chi connectivity index (χ3n) is 5.23. The van der Waals surface area contributed by atoms with Gasteiger partial charge in [-0.2, -0.15) is 5.10 Å². The zero-order chi connectivity index (χ0) is 21.1. The fourth-order valence-electron chi connectivity index (χ4n) is 3.64. The molecule has 8 nitrogen and oxygen atoms in total. The Labute approximate surface area is 180 Å². The minimum Gasteiger partial charge on any atom is -0.497 e. The van der Waals surface area contributed by atoms with Crippen LogP contribution < -0.4 is 9.64 Å². The molecular weight excluding hydrogens is 402 g/mol. The number of hydrogen-bond donors (Lipinski definition) is 0. The Morgan fingerprint density at radius 1 is 1.33 bits per heavy atom. The molecule has 2 aromatic heterocycles. The van der Waals surface area contributed by atoms with E-state index in [0.29, 0.717) is 17.4 Å². The van der Waals surface area contributed by atoms with Crippen LogP contribution >= 0.6 is 11.3 Å². The van der Waals surface area contributed by atoms with Crippen molar-refractivity contribution in [2.75, 3.05) is 51.4 Å². The molecule has 3 aromatic rings. The van der Waals surface area contributed by atoms with Crippen molar-refractivity contribution in [3.8, 4) is 5.75 Å². The quantitative estimate of drug-likeness (QED) is 0.575. The number of aryl methyl sites for hydroxylation is 2. The molecule has 1 aliphatic heterocycles. The number of aromatic nitrogens is 3. The molecule has 9 heteroatoms. The van der Waals surface area contributed by atoms with E-state index >= 15 is 0 Å². The fraction of sp³-hybridized carbons (Fsp3) is 0.476. The molecule has 0 N–H and O–H groups in total. The molecule has 4 rings (SSSR count). The van der Waals surface area contributed by atoms with Crippen molar-refractivity contribution in [3.63, 3.8) is 0 Å². The van der Waals surface area contributed by atoms with E-state index in [1.165, 1.54) is 11.3 Å². The van der Waals surface area contributed by atoms with E-state index in [2.05, 4.69) is 10.00 Å². The topological polar surface area (TPSA) is 72.7 Å². The van der Waals surface area contributed by atoms with Crippen LogP contribution in [0.5, 0.6) is 5.75 Å². The number of nitrogens with zero attached hydrogens (tertiary/aromatic N) is 5. The van der Waals surface area contributed by atoms with Gasteiger partial charge in [-0.25, -0.2) is 4.98 Å². The van der Waals surface area contributed by atoms with Gasteiger partial charge in [-0.3, -0.25) is 19.3 Å². The number of fused-ring (bicyclic) bond motifs is 1. The van der Waals surface area contributed by atoms with Crippen LogP contribution in [0.25, 0.3) is 10.2 Å². The summed E-state index contributed by atoms with van der Waals surface area (Å²) in [5.74, 6) is 0.645. The van der Waals surface area contributed by atoms with E-state index in [1.807, 2.05) is 38.4 Å². The zero-order valence-electron chi connectivity index (χ0n) is 17.6. The lowest BCUT2D eigenvalue weighted by Crippen LogP contribution is -2.39. The molecular formula is C21H27N5O3S. The van der Waals surface area contributed by atoms with Gasteiger partial charge in [0.05, 0.1) is 30.5 Å². The van der Waals surface area contributed by atoms with Crippen LogP contribution in [0.15, 0.2) is 24.4 Å². The zero-order valence-corrected chi connectivity index (χ0v) is 18.4. The second kappa shape index (κ2) is 9.11. The first-order chi connectivity index (χ1) is 14.5. The number of thiazole rings is 1. The molecule has 0 bridgehead atoms. The third-order valence-corrected chi connectivity index (χ3v) is 6.29. The third kappa shape index (κ3) is 4.48. The lowest BCUT2D eigenvalue weighted by atomic mass is 10.2. The standard InChI is InChI=1S/C21H27N5O3S/c1-15-14-24(2)23-19(15)20(27)26(8-4-7-25-9-11-29-12-10-25)21-22-17-13-16(28-3)5-6-18(17)30-21/h5-6,13-14H,4,7-12H2,1-3H3. The maximum Gasteiger partial charge on any atom is 0.280 e. The Balaban J connectivity index is 1.59. The summed E-state index contributed by atoms with van der Waals surface area (Å²) in [5, 5.41) is 5.08. The minimum atomic E-state index is -0.110. The number of benzene rings is 1. The first-order valence-electron chi connectivity index (χ1n) is 10.1. The summed E-state index contributed by atoms with van der Waals surface area (Å²) in [7, 11) is 3.47. The SMILES string of the molecule is COc1ccc2sc(N(CCCN3CCOCC3)C(=O)c3nn(C)cc3C)nc2c1. The van der Waals surface area contributed by atoms with Crippen LogP contribution in [0.1, 0.15) is 22.5 Å². The van der Waals surface area contributed by atoms with E-state index in [-0.39, 0.29) is 5.91 Å². The van der Waals surface area contributed by atoms with E-state index in [1.54, 1.807) is 16.7 Å². The van der Waals surface area contributed by atoms with Crippen LogP contribution in [0.3, 0.4) is 0 Å². The summed E-state index contributed by atoms with van der Waals surface area (Å²) >= 11 is 1.52. The van der Waals surface area contributed by atoms with Gasteiger partial charge >= 0.3 is 0 Å². The molecule has 1 saturated heterocycles. The summed E-state index contributed by atoms with van der Waals surface area (Å²) in [4.78, 5) is 22.3. The maximum atomic E-state index is 13.4. The Bertz CT molecular complexity index is 1020. The number of amides is 1. The molecule has 3 heterocycles. The first-order valence-corrected chi connectivity index (χ1v) is 10.9. The normalized spacial score (nSPS) is 14.9. The van der Waals surface area contributed by atoms with Crippen LogP contribution in [0, 0.1) is 6.92 Å². The molecule has 1 fully saturated rings. The van der Waals surface area contributed by atoms with E-state index in [0.717, 1.165) is 60.8 Å². The minimum absolute atomic E-state index is 0.110. The molecule has 160 valence electrons. The molecule has 1 aromatic carbocycles. The Hall–Kier alpha value is -2.49. The number of ether oxygens (including phenoxy) is 2. The van der Waals surface area contributed by atoms with Crippen molar-refractivity contribution in [2.24, 2.45) is 7.05 Å². The number of rotatable bonds is 7. The summed E-state index contributed by atoms with van der Waals surface area (Å²) in [5.41, 5.74) is 2.17. The van der Waals surface area contributed by atoms with Gasteiger partial charge < -0.3 is 9.47 Å². The second-order valence-electron chi connectivity index (χ2n) is 7.43. The molecule has 0 atom stereocenters. The Morgan fingerprint density at radius 2 is 2.13 bits per heavy atom. The van der Waals surface area contributed by atoms with Gasteiger partial charge in [0.25, 0.3) is 5.91 Å². The lowest BCUT2D eigenvalue weighted by Gasteiger charge is -2.27. The summed E-state index contributed by atoms with van der Waals surface area (Å²) < 4.78 is 13.4. The van der Waals surface area contributed by atoms with Gasteiger partial charge in [0.15, 0.2) is 10.8 Å². The number of carbonyl (C=O) groups is 1. The number of carbonyl (C=O) groups excluding carboxylic acids is 1.